The first-order chi connectivity index (χ1) is 11.1. The van der Waals surface area contributed by atoms with Crippen molar-refractivity contribution in [2.45, 2.75) is 64.0 Å². The number of carbonyl (C=O) groups excluding carboxylic acids is 1. The molecule has 0 radical (unpaired) electrons. The molecule has 2 rings (SSSR count). The SMILES string of the molecule is CC(=O)c1ccc(OC[C@H](O)CNC2CCCCCCC2)cc1. The van der Waals surface area contributed by atoms with E-state index < -0.39 is 6.10 Å². The Morgan fingerprint density at radius 1 is 1.17 bits per heavy atom. The third-order valence-corrected chi connectivity index (χ3v) is 4.45. The largest absolute Gasteiger partial charge is 0.491 e. The number of nitrogens with one attached hydrogen (secondary N) is 1. The highest BCUT2D eigenvalue weighted by Gasteiger charge is 2.13. The molecule has 1 atom stereocenters. The molecule has 128 valence electrons. The zero-order chi connectivity index (χ0) is 16.5. The summed E-state index contributed by atoms with van der Waals surface area (Å²) in [6.07, 6.45) is 8.50. The topological polar surface area (TPSA) is 58.6 Å². The quantitative estimate of drug-likeness (QED) is 0.757. The van der Waals surface area contributed by atoms with Crippen LogP contribution in [-0.4, -0.2) is 36.2 Å². The third-order valence-electron chi connectivity index (χ3n) is 4.45. The summed E-state index contributed by atoms with van der Waals surface area (Å²) in [4.78, 5) is 11.2. The summed E-state index contributed by atoms with van der Waals surface area (Å²) in [6, 6.07) is 7.56. The molecule has 0 heterocycles. The van der Waals surface area contributed by atoms with E-state index in [1.54, 1.807) is 31.2 Å². The highest BCUT2D eigenvalue weighted by molar-refractivity contribution is 5.94. The maximum atomic E-state index is 11.2. The van der Waals surface area contributed by atoms with Crippen molar-refractivity contribution in [3.63, 3.8) is 0 Å². The predicted molar refractivity (Wildman–Crippen MR) is 92.1 cm³/mol. The smallest absolute Gasteiger partial charge is 0.159 e. The molecule has 2 N–H and O–H groups in total. The lowest BCUT2D eigenvalue weighted by Crippen LogP contribution is -2.38. The van der Waals surface area contributed by atoms with Gasteiger partial charge < -0.3 is 15.2 Å². The van der Waals surface area contributed by atoms with Crippen LogP contribution in [-0.2, 0) is 0 Å². The number of ether oxygens (including phenoxy) is 1. The maximum Gasteiger partial charge on any atom is 0.159 e. The summed E-state index contributed by atoms with van der Waals surface area (Å²) in [5, 5.41) is 13.5. The van der Waals surface area contributed by atoms with Crippen molar-refractivity contribution in [2.75, 3.05) is 13.2 Å². The van der Waals surface area contributed by atoms with Crippen molar-refractivity contribution in [1.82, 2.24) is 5.32 Å². The van der Waals surface area contributed by atoms with Gasteiger partial charge in [0.15, 0.2) is 5.78 Å². The Labute approximate surface area is 139 Å². The van der Waals surface area contributed by atoms with Gasteiger partial charge in [-0.15, -0.1) is 0 Å². The van der Waals surface area contributed by atoms with Crippen molar-refractivity contribution in [3.05, 3.63) is 29.8 Å². The Hall–Kier alpha value is -1.39. The maximum absolute atomic E-state index is 11.2. The summed E-state index contributed by atoms with van der Waals surface area (Å²) in [6.45, 7) is 2.37. The second-order valence-corrected chi connectivity index (χ2v) is 6.50. The van der Waals surface area contributed by atoms with Gasteiger partial charge in [0.1, 0.15) is 18.5 Å². The van der Waals surface area contributed by atoms with E-state index in [4.69, 9.17) is 4.74 Å². The standard InChI is InChI=1S/C19H29NO3/c1-15(21)16-9-11-19(12-10-16)23-14-18(22)13-20-17-7-5-3-2-4-6-8-17/h9-12,17-18,20,22H,2-8,13-14H2,1H3/t18-/m1/s1. The lowest BCUT2D eigenvalue weighted by Gasteiger charge is -2.22. The van der Waals surface area contributed by atoms with Crippen molar-refractivity contribution >= 4 is 5.78 Å². The molecule has 0 aliphatic heterocycles. The highest BCUT2D eigenvalue weighted by Crippen LogP contribution is 2.17. The van der Waals surface area contributed by atoms with Gasteiger partial charge in [-0.1, -0.05) is 32.1 Å². The minimum atomic E-state index is -0.520. The summed E-state index contributed by atoms with van der Waals surface area (Å²) >= 11 is 0. The predicted octanol–water partition coefficient (Wildman–Crippen LogP) is 3.33. The van der Waals surface area contributed by atoms with E-state index in [0.717, 1.165) is 0 Å². The molecule has 1 aliphatic rings. The number of carbonyl (C=O) groups is 1. The zero-order valence-corrected chi connectivity index (χ0v) is 14.1. The van der Waals surface area contributed by atoms with E-state index in [1.807, 2.05) is 0 Å². The fraction of sp³-hybridized carbons (Fsp3) is 0.632. The molecular formula is C19H29NO3. The van der Waals surface area contributed by atoms with E-state index >= 15 is 0 Å². The first-order valence-corrected chi connectivity index (χ1v) is 8.80. The number of aliphatic hydroxyl groups excluding tert-OH is 1. The van der Waals surface area contributed by atoms with Crippen molar-refractivity contribution < 1.29 is 14.6 Å². The summed E-state index contributed by atoms with van der Waals surface area (Å²) in [5.41, 5.74) is 0.670. The molecule has 1 saturated carbocycles. The van der Waals surface area contributed by atoms with E-state index in [0.29, 0.717) is 23.9 Å². The van der Waals surface area contributed by atoms with Crippen LogP contribution in [0.2, 0.25) is 0 Å². The normalized spacial score (nSPS) is 18.0. The number of rotatable bonds is 7. The second-order valence-electron chi connectivity index (χ2n) is 6.50. The minimum absolute atomic E-state index is 0.0417. The molecule has 0 amide bonds. The van der Waals surface area contributed by atoms with Gasteiger partial charge in [0.25, 0.3) is 0 Å². The molecule has 0 unspecified atom stereocenters. The molecule has 0 spiro atoms. The average molecular weight is 319 g/mol. The van der Waals surface area contributed by atoms with E-state index in [2.05, 4.69) is 5.32 Å². The van der Waals surface area contributed by atoms with Crippen LogP contribution in [0.1, 0.15) is 62.2 Å². The van der Waals surface area contributed by atoms with E-state index in [1.165, 1.54) is 44.9 Å². The molecule has 4 heteroatoms. The Balaban J connectivity index is 1.67. The van der Waals surface area contributed by atoms with Gasteiger partial charge >= 0.3 is 0 Å². The van der Waals surface area contributed by atoms with E-state index in [-0.39, 0.29) is 12.4 Å². The van der Waals surface area contributed by atoms with Gasteiger partial charge in [-0.25, -0.2) is 0 Å². The molecule has 1 aromatic rings. The van der Waals surface area contributed by atoms with Crippen molar-refractivity contribution in [2.24, 2.45) is 0 Å². The van der Waals surface area contributed by atoms with Crippen LogP contribution in [0, 0.1) is 0 Å². The third kappa shape index (κ3) is 6.71. The number of benzene rings is 1. The van der Waals surface area contributed by atoms with Crippen molar-refractivity contribution in [3.8, 4) is 5.75 Å². The first kappa shape index (κ1) is 18.0. The zero-order valence-electron chi connectivity index (χ0n) is 14.1. The van der Waals surface area contributed by atoms with Crippen LogP contribution in [0.25, 0.3) is 0 Å². The Kier molecular flexibility index (Phi) is 7.56. The van der Waals surface area contributed by atoms with Gasteiger partial charge in [0.05, 0.1) is 0 Å². The molecule has 4 nitrogen and oxygen atoms in total. The monoisotopic (exact) mass is 319 g/mol. The minimum Gasteiger partial charge on any atom is -0.491 e. The fourth-order valence-electron chi connectivity index (χ4n) is 3.00. The van der Waals surface area contributed by atoms with Crippen LogP contribution >= 0.6 is 0 Å². The Morgan fingerprint density at radius 2 is 1.78 bits per heavy atom. The van der Waals surface area contributed by atoms with Crippen LogP contribution in [0.5, 0.6) is 5.75 Å². The summed E-state index contributed by atoms with van der Waals surface area (Å²) < 4.78 is 5.59. The lowest BCUT2D eigenvalue weighted by molar-refractivity contribution is 0.101. The molecule has 0 bridgehead atoms. The molecule has 1 aromatic carbocycles. The van der Waals surface area contributed by atoms with Crippen LogP contribution < -0.4 is 10.1 Å². The fourth-order valence-corrected chi connectivity index (χ4v) is 3.00. The summed E-state index contributed by atoms with van der Waals surface area (Å²) in [5.74, 6) is 0.722. The second kappa shape index (κ2) is 9.68. The molecule has 23 heavy (non-hydrogen) atoms. The highest BCUT2D eigenvalue weighted by atomic mass is 16.5. The van der Waals surface area contributed by atoms with Gasteiger partial charge in [-0.2, -0.15) is 0 Å². The molecule has 1 fully saturated rings. The summed E-state index contributed by atoms with van der Waals surface area (Å²) in [7, 11) is 0. The Morgan fingerprint density at radius 3 is 2.39 bits per heavy atom. The number of hydrogen-bond acceptors (Lipinski definition) is 4. The number of hydrogen-bond donors (Lipinski definition) is 2. The van der Waals surface area contributed by atoms with E-state index in [9.17, 15) is 9.90 Å². The van der Waals surface area contributed by atoms with Crippen LogP contribution in [0.4, 0.5) is 0 Å². The number of ketones is 1. The molecule has 0 saturated heterocycles. The van der Waals surface area contributed by atoms with Crippen LogP contribution in [0.15, 0.2) is 24.3 Å². The van der Waals surface area contributed by atoms with Gasteiger partial charge in [-0.05, 0) is 44.0 Å². The van der Waals surface area contributed by atoms with Crippen LogP contribution in [0.3, 0.4) is 0 Å². The van der Waals surface area contributed by atoms with Gasteiger partial charge in [0.2, 0.25) is 0 Å². The Bertz CT molecular complexity index is 464. The number of Topliss-reactive ketones (excluding diaryl/α,β-unsaturated/α-hetero) is 1. The van der Waals surface area contributed by atoms with Gasteiger partial charge in [0, 0.05) is 18.2 Å². The van der Waals surface area contributed by atoms with Crippen molar-refractivity contribution in [1.29, 1.82) is 0 Å². The van der Waals surface area contributed by atoms with Gasteiger partial charge in [-0.3, -0.25) is 4.79 Å². The number of aliphatic hydroxyl groups is 1. The molecular weight excluding hydrogens is 290 g/mol. The average Bonchev–Trinajstić information content (AvgIpc) is 2.52. The lowest BCUT2D eigenvalue weighted by atomic mass is 9.96. The first-order valence-electron chi connectivity index (χ1n) is 8.80. The molecule has 1 aliphatic carbocycles. The molecule has 0 aromatic heterocycles.